The standard InChI is InChI=1S/C25H27N3O2Se/c1-17-7-9-18(10-8-17)31-16-13-26-22-12-11-21-23-19(22)5-4-6-20(23)24(29)28(25(21)30)15-14-27(2)3/h4-12,26H,13-16H2,1-3H3. The molecule has 0 spiro atoms. The van der Waals surface area contributed by atoms with Crippen LogP contribution >= 0.6 is 0 Å². The van der Waals surface area contributed by atoms with Gasteiger partial charge in [-0.05, 0) is 14.1 Å². The molecular weight excluding hydrogens is 453 g/mol. The van der Waals surface area contributed by atoms with Crippen LogP contribution in [0, 0.1) is 6.92 Å². The normalized spacial score (nSPS) is 13.4. The molecular formula is C25H27N3O2Se. The maximum absolute atomic E-state index is 13.0. The molecule has 160 valence electrons. The molecule has 0 radical (unpaired) electrons. The van der Waals surface area contributed by atoms with E-state index in [0.717, 1.165) is 28.3 Å². The Bertz CT molecular complexity index is 1100. The minimum atomic E-state index is -0.204. The van der Waals surface area contributed by atoms with E-state index < -0.39 is 0 Å². The van der Waals surface area contributed by atoms with Crippen molar-refractivity contribution in [3.8, 4) is 0 Å². The van der Waals surface area contributed by atoms with E-state index in [1.807, 2.05) is 49.3 Å². The summed E-state index contributed by atoms with van der Waals surface area (Å²) in [5.41, 5.74) is 3.48. The Morgan fingerprint density at radius 2 is 1.65 bits per heavy atom. The first-order chi connectivity index (χ1) is 15.0. The number of imide groups is 1. The number of carbonyl (C=O) groups is 2. The summed E-state index contributed by atoms with van der Waals surface area (Å²) in [4.78, 5) is 29.4. The fourth-order valence-corrected chi connectivity index (χ4v) is 5.40. The number of nitrogens with zero attached hydrogens (tertiary/aromatic N) is 2. The van der Waals surface area contributed by atoms with Gasteiger partial charge in [0, 0.05) is 0 Å². The van der Waals surface area contributed by atoms with Crippen LogP contribution in [0.15, 0.2) is 54.6 Å². The van der Waals surface area contributed by atoms with Gasteiger partial charge in [0.2, 0.25) is 0 Å². The van der Waals surface area contributed by atoms with Crippen molar-refractivity contribution in [3.63, 3.8) is 0 Å². The molecule has 1 aliphatic heterocycles. The van der Waals surface area contributed by atoms with Gasteiger partial charge in [-0.25, -0.2) is 0 Å². The van der Waals surface area contributed by atoms with Crippen molar-refractivity contribution in [1.82, 2.24) is 9.80 Å². The monoisotopic (exact) mass is 481 g/mol. The first kappa shape index (κ1) is 21.6. The molecule has 1 heterocycles. The molecule has 1 N–H and O–H groups in total. The number of amides is 2. The van der Waals surface area contributed by atoms with Crippen molar-refractivity contribution in [2.45, 2.75) is 12.2 Å². The quantitative estimate of drug-likeness (QED) is 0.306. The second-order valence-corrected chi connectivity index (χ2v) is 10.5. The van der Waals surface area contributed by atoms with Crippen LogP contribution in [0.25, 0.3) is 10.8 Å². The number of benzene rings is 3. The van der Waals surface area contributed by atoms with Crippen LogP contribution in [-0.4, -0.2) is 70.3 Å². The Labute approximate surface area is 189 Å². The molecule has 0 aliphatic carbocycles. The Hall–Kier alpha value is -2.66. The van der Waals surface area contributed by atoms with Crippen LogP contribution in [-0.2, 0) is 0 Å². The van der Waals surface area contributed by atoms with Gasteiger partial charge in [0.25, 0.3) is 0 Å². The van der Waals surface area contributed by atoms with Gasteiger partial charge in [-0.15, -0.1) is 0 Å². The zero-order valence-corrected chi connectivity index (χ0v) is 19.9. The van der Waals surface area contributed by atoms with E-state index in [9.17, 15) is 9.59 Å². The topological polar surface area (TPSA) is 52.7 Å². The van der Waals surface area contributed by atoms with E-state index in [-0.39, 0.29) is 11.8 Å². The van der Waals surface area contributed by atoms with Crippen LogP contribution in [0.1, 0.15) is 26.3 Å². The van der Waals surface area contributed by atoms with E-state index in [0.29, 0.717) is 39.2 Å². The minimum absolute atomic E-state index is 0.204. The van der Waals surface area contributed by atoms with Gasteiger partial charge in [0.1, 0.15) is 0 Å². The molecule has 0 saturated heterocycles. The average Bonchev–Trinajstić information content (AvgIpc) is 2.76. The number of carbonyl (C=O) groups excluding carboxylic acids is 2. The number of hydrogen-bond acceptors (Lipinski definition) is 4. The van der Waals surface area contributed by atoms with Crippen LogP contribution in [0.5, 0.6) is 0 Å². The molecule has 31 heavy (non-hydrogen) atoms. The molecule has 2 amide bonds. The number of rotatable bonds is 8. The van der Waals surface area contributed by atoms with Crippen LogP contribution in [0.2, 0.25) is 5.32 Å². The van der Waals surface area contributed by atoms with E-state index in [2.05, 4.69) is 36.5 Å². The molecule has 3 aromatic rings. The van der Waals surface area contributed by atoms with Crippen molar-refractivity contribution in [2.75, 3.05) is 39.0 Å². The Morgan fingerprint density at radius 3 is 2.35 bits per heavy atom. The zero-order chi connectivity index (χ0) is 22.0. The second kappa shape index (κ2) is 9.23. The molecule has 0 atom stereocenters. The number of nitrogens with one attached hydrogen (secondary N) is 1. The summed E-state index contributed by atoms with van der Waals surface area (Å²) < 4.78 is 1.39. The number of likely N-dealkylation sites (N-methyl/N-ethyl adjacent to an activating group) is 1. The summed E-state index contributed by atoms with van der Waals surface area (Å²) in [6.07, 6.45) is 0. The summed E-state index contributed by atoms with van der Waals surface area (Å²) in [6.45, 7) is 3.99. The molecule has 1 aliphatic rings. The van der Waals surface area contributed by atoms with Gasteiger partial charge < -0.3 is 0 Å². The zero-order valence-electron chi connectivity index (χ0n) is 18.1. The van der Waals surface area contributed by atoms with E-state index >= 15 is 0 Å². The van der Waals surface area contributed by atoms with Gasteiger partial charge in [0.15, 0.2) is 0 Å². The Morgan fingerprint density at radius 1 is 0.935 bits per heavy atom. The molecule has 0 aromatic heterocycles. The predicted molar refractivity (Wildman–Crippen MR) is 128 cm³/mol. The third-order valence-corrected chi connectivity index (χ3v) is 7.60. The van der Waals surface area contributed by atoms with Crippen molar-refractivity contribution in [1.29, 1.82) is 0 Å². The van der Waals surface area contributed by atoms with Crippen molar-refractivity contribution < 1.29 is 9.59 Å². The molecule has 5 nitrogen and oxygen atoms in total. The maximum atomic E-state index is 13.0. The molecule has 6 heteroatoms. The molecule has 0 unspecified atom stereocenters. The average molecular weight is 480 g/mol. The SMILES string of the molecule is Cc1ccc([Se]CCNc2ccc3c4c(cccc24)C(=O)N(CCN(C)C)C3=O)cc1. The number of hydrogen-bond donors (Lipinski definition) is 1. The molecule has 0 fully saturated rings. The third kappa shape index (κ3) is 4.52. The fourth-order valence-electron chi connectivity index (χ4n) is 3.79. The molecule has 0 saturated carbocycles. The third-order valence-electron chi connectivity index (χ3n) is 5.47. The van der Waals surface area contributed by atoms with Crippen molar-refractivity contribution >= 4 is 47.7 Å². The van der Waals surface area contributed by atoms with Crippen LogP contribution in [0.3, 0.4) is 0 Å². The second-order valence-electron chi connectivity index (χ2n) is 8.04. The van der Waals surface area contributed by atoms with E-state index in [4.69, 9.17) is 0 Å². The fraction of sp³-hybridized carbons (Fsp3) is 0.280. The van der Waals surface area contributed by atoms with Gasteiger partial charge >= 0.3 is 176 Å². The van der Waals surface area contributed by atoms with E-state index in [1.54, 1.807) is 0 Å². The predicted octanol–water partition coefficient (Wildman–Crippen LogP) is 3.17. The van der Waals surface area contributed by atoms with Crippen LogP contribution in [0.4, 0.5) is 5.69 Å². The van der Waals surface area contributed by atoms with Crippen molar-refractivity contribution in [3.05, 3.63) is 71.3 Å². The van der Waals surface area contributed by atoms with Gasteiger partial charge in [-0.1, -0.05) is 0 Å². The summed E-state index contributed by atoms with van der Waals surface area (Å²) in [5.74, 6) is -0.408. The van der Waals surface area contributed by atoms with Gasteiger partial charge in [-0.2, -0.15) is 0 Å². The van der Waals surface area contributed by atoms with Crippen molar-refractivity contribution in [2.24, 2.45) is 0 Å². The summed E-state index contributed by atoms with van der Waals surface area (Å²) >= 11 is 0.409. The Balaban J connectivity index is 1.53. The van der Waals surface area contributed by atoms with Gasteiger partial charge in [0.05, 0.1) is 0 Å². The molecule has 3 aromatic carbocycles. The number of anilines is 1. The first-order valence-electron chi connectivity index (χ1n) is 10.5. The molecule has 0 bridgehead atoms. The summed E-state index contributed by atoms with van der Waals surface area (Å²) in [5, 5.41) is 6.30. The Kier molecular flexibility index (Phi) is 6.42. The van der Waals surface area contributed by atoms with Crippen LogP contribution < -0.4 is 9.78 Å². The van der Waals surface area contributed by atoms with Gasteiger partial charge in [-0.3, -0.25) is 0 Å². The van der Waals surface area contributed by atoms with E-state index in [1.165, 1.54) is 14.9 Å². The molecule has 4 rings (SSSR count). The summed E-state index contributed by atoms with van der Waals surface area (Å²) in [7, 11) is 3.87. The number of aryl methyl sites for hydroxylation is 1. The summed E-state index contributed by atoms with van der Waals surface area (Å²) in [6, 6.07) is 18.3. The first-order valence-corrected chi connectivity index (χ1v) is 12.5.